The lowest BCUT2D eigenvalue weighted by Gasteiger charge is -2.57. The van der Waals surface area contributed by atoms with Crippen molar-refractivity contribution >= 4 is 5.91 Å². The SMILES string of the molecule is O=C1C=CC23CCC(OCc4ccccc4)C(C2)C2(CN13)OCCO2. The fourth-order valence-corrected chi connectivity index (χ4v) is 4.99. The van der Waals surface area contributed by atoms with E-state index in [0.717, 1.165) is 19.3 Å². The van der Waals surface area contributed by atoms with Gasteiger partial charge in [0.25, 0.3) is 0 Å². The predicted molar refractivity (Wildman–Crippen MR) is 90.6 cm³/mol. The number of carbonyl (C=O) groups excluding carboxylic acids is 1. The Morgan fingerprint density at radius 1 is 1.20 bits per heavy atom. The zero-order chi connectivity index (χ0) is 16.9. The highest BCUT2D eigenvalue weighted by Crippen LogP contribution is 2.52. The van der Waals surface area contributed by atoms with Crippen LogP contribution in [0.1, 0.15) is 24.8 Å². The van der Waals surface area contributed by atoms with E-state index < -0.39 is 5.79 Å². The summed E-state index contributed by atoms with van der Waals surface area (Å²) in [6.45, 7) is 2.28. The van der Waals surface area contributed by atoms with Crippen molar-refractivity contribution in [2.24, 2.45) is 5.92 Å². The normalized spacial score (nSPS) is 35.4. The first kappa shape index (κ1) is 15.6. The van der Waals surface area contributed by atoms with Crippen LogP contribution >= 0.6 is 0 Å². The van der Waals surface area contributed by atoms with Gasteiger partial charge in [-0.05, 0) is 24.8 Å². The molecule has 1 aromatic carbocycles. The van der Waals surface area contributed by atoms with Crippen molar-refractivity contribution in [2.45, 2.75) is 43.3 Å². The van der Waals surface area contributed by atoms with Gasteiger partial charge < -0.3 is 19.1 Å². The lowest BCUT2D eigenvalue weighted by atomic mass is 9.67. The van der Waals surface area contributed by atoms with Crippen molar-refractivity contribution in [3.63, 3.8) is 0 Å². The number of piperidine rings is 1. The fourth-order valence-electron chi connectivity index (χ4n) is 4.99. The minimum atomic E-state index is -0.701. The molecule has 1 amide bonds. The predicted octanol–water partition coefficient (Wildman–Crippen LogP) is 2.27. The average Bonchev–Trinajstić information content (AvgIpc) is 3.23. The standard InChI is InChI=1S/C20H23NO4/c22-18-7-9-19-8-6-17(23-13-15-4-2-1-3-5-15)16(12-19)20(14-21(18)19)24-10-11-25-20/h1-5,7,9,16-17H,6,8,10-14H2. The first-order valence-electron chi connectivity index (χ1n) is 9.15. The quantitative estimate of drug-likeness (QED) is 0.846. The van der Waals surface area contributed by atoms with Crippen molar-refractivity contribution in [1.82, 2.24) is 4.90 Å². The summed E-state index contributed by atoms with van der Waals surface area (Å²) in [6, 6.07) is 10.3. The molecule has 0 radical (unpaired) electrons. The first-order valence-corrected chi connectivity index (χ1v) is 9.15. The summed E-state index contributed by atoms with van der Waals surface area (Å²) < 4.78 is 18.5. The Kier molecular flexibility index (Phi) is 3.52. The van der Waals surface area contributed by atoms with Gasteiger partial charge in [-0.1, -0.05) is 36.4 Å². The van der Waals surface area contributed by atoms with Gasteiger partial charge in [-0.2, -0.15) is 0 Å². The van der Waals surface area contributed by atoms with E-state index in [2.05, 4.69) is 18.2 Å². The van der Waals surface area contributed by atoms with Gasteiger partial charge in [0.2, 0.25) is 5.91 Å². The van der Waals surface area contributed by atoms with Crippen LogP contribution in [0.4, 0.5) is 0 Å². The second-order valence-corrected chi connectivity index (χ2v) is 7.55. The summed E-state index contributed by atoms with van der Waals surface area (Å²) in [4.78, 5) is 14.3. The Morgan fingerprint density at radius 2 is 2.00 bits per heavy atom. The highest BCUT2D eigenvalue weighted by Gasteiger charge is 2.62. The van der Waals surface area contributed by atoms with Crippen molar-refractivity contribution in [2.75, 3.05) is 19.8 Å². The van der Waals surface area contributed by atoms with Crippen LogP contribution in [0.3, 0.4) is 0 Å². The van der Waals surface area contributed by atoms with Crippen LogP contribution in [0, 0.1) is 5.92 Å². The van der Waals surface area contributed by atoms with Crippen LogP contribution in [0.2, 0.25) is 0 Å². The lowest BCUT2D eigenvalue weighted by molar-refractivity contribution is -0.272. The zero-order valence-corrected chi connectivity index (χ0v) is 14.2. The van der Waals surface area contributed by atoms with Gasteiger partial charge in [0.05, 0.1) is 38.0 Å². The van der Waals surface area contributed by atoms with Crippen LogP contribution < -0.4 is 0 Å². The van der Waals surface area contributed by atoms with E-state index in [1.165, 1.54) is 5.56 Å². The molecule has 3 fully saturated rings. The minimum absolute atomic E-state index is 0.0839. The third kappa shape index (κ3) is 2.37. The van der Waals surface area contributed by atoms with E-state index in [4.69, 9.17) is 14.2 Å². The van der Waals surface area contributed by atoms with E-state index in [1.54, 1.807) is 6.08 Å². The van der Waals surface area contributed by atoms with Crippen molar-refractivity contribution < 1.29 is 19.0 Å². The van der Waals surface area contributed by atoms with Gasteiger partial charge in [-0.25, -0.2) is 0 Å². The molecule has 3 aliphatic heterocycles. The number of carbonyl (C=O) groups is 1. The maximum absolute atomic E-state index is 12.3. The second-order valence-electron chi connectivity index (χ2n) is 7.55. The molecule has 2 saturated heterocycles. The van der Waals surface area contributed by atoms with Crippen molar-refractivity contribution in [3.05, 3.63) is 48.0 Å². The van der Waals surface area contributed by atoms with E-state index in [1.807, 2.05) is 23.1 Å². The molecule has 5 rings (SSSR count). The summed E-state index contributed by atoms with van der Waals surface area (Å²) >= 11 is 0. The van der Waals surface area contributed by atoms with Gasteiger partial charge >= 0.3 is 0 Å². The van der Waals surface area contributed by atoms with Crippen LogP contribution in [0.5, 0.6) is 0 Å². The van der Waals surface area contributed by atoms with E-state index in [-0.39, 0.29) is 23.5 Å². The molecule has 2 bridgehead atoms. The van der Waals surface area contributed by atoms with Crippen LogP contribution in [0.15, 0.2) is 42.5 Å². The Bertz CT molecular complexity index is 697. The summed E-state index contributed by atoms with van der Waals surface area (Å²) in [6.07, 6.45) is 6.62. The van der Waals surface area contributed by atoms with Crippen LogP contribution in [-0.4, -0.2) is 48.0 Å². The maximum atomic E-state index is 12.3. The van der Waals surface area contributed by atoms with Crippen LogP contribution in [0.25, 0.3) is 0 Å². The molecule has 1 saturated carbocycles. The Labute approximate surface area is 147 Å². The van der Waals surface area contributed by atoms with E-state index >= 15 is 0 Å². The van der Waals surface area contributed by atoms with Gasteiger partial charge in [0, 0.05) is 12.0 Å². The average molecular weight is 341 g/mol. The van der Waals surface area contributed by atoms with Crippen molar-refractivity contribution in [1.29, 1.82) is 0 Å². The minimum Gasteiger partial charge on any atom is -0.373 e. The first-order chi connectivity index (χ1) is 12.2. The Hall–Kier alpha value is -1.69. The van der Waals surface area contributed by atoms with Crippen molar-refractivity contribution in [3.8, 4) is 0 Å². The smallest absolute Gasteiger partial charge is 0.247 e. The maximum Gasteiger partial charge on any atom is 0.247 e. The molecule has 3 unspecified atom stereocenters. The van der Waals surface area contributed by atoms with Crippen LogP contribution in [-0.2, 0) is 25.6 Å². The summed E-state index contributed by atoms with van der Waals surface area (Å²) in [5.74, 6) is -0.465. The molecule has 2 spiro atoms. The van der Waals surface area contributed by atoms with E-state index in [0.29, 0.717) is 26.4 Å². The van der Waals surface area contributed by atoms with Gasteiger partial charge in [-0.3, -0.25) is 4.79 Å². The zero-order valence-electron chi connectivity index (χ0n) is 14.2. The highest BCUT2D eigenvalue weighted by atomic mass is 16.7. The molecular weight excluding hydrogens is 318 g/mol. The van der Waals surface area contributed by atoms with Gasteiger partial charge in [-0.15, -0.1) is 0 Å². The fraction of sp³-hybridized carbons (Fsp3) is 0.550. The summed E-state index contributed by atoms with van der Waals surface area (Å²) in [7, 11) is 0. The molecule has 0 aromatic heterocycles. The van der Waals surface area contributed by atoms with Gasteiger partial charge in [0.1, 0.15) is 0 Å². The molecule has 5 heteroatoms. The third-order valence-corrected chi connectivity index (χ3v) is 6.25. The number of rotatable bonds is 3. The number of amides is 1. The second kappa shape index (κ2) is 5.66. The summed E-state index contributed by atoms with van der Waals surface area (Å²) in [5, 5.41) is 0. The number of hydrogen-bond acceptors (Lipinski definition) is 4. The molecule has 5 nitrogen and oxygen atoms in total. The molecule has 0 N–H and O–H groups in total. The van der Waals surface area contributed by atoms with Gasteiger partial charge in [0.15, 0.2) is 5.79 Å². The topological polar surface area (TPSA) is 48.0 Å². The third-order valence-electron chi connectivity index (χ3n) is 6.25. The number of fused-ring (bicyclic) bond motifs is 2. The number of ether oxygens (including phenoxy) is 3. The number of benzene rings is 1. The lowest BCUT2D eigenvalue weighted by Crippen LogP contribution is -2.68. The van der Waals surface area contributed by atoms with E-state index in [9.17, 15) is 4.79 Å². The Balaban J connectivity index is 1.40. The molecule has 4 aliphatic rings. The summed E-state index contributed by atoms with van der Waals surface area (Å²) in [5.41, 5.74) is 1.02. The molecule has 132 valence electrons. The molecule has 1 aliphatic carbocycles. The number of nitrogens with zero attached hydrogens (tertiary/aromatic N) is 1. The number of hydrogen-bond donors (Lipinski definition) is 0. The largest absolute Gasteiger partial charge is 0.373 e. The monoisotopic (exact) mass is 341 g/mol. The molecular formula is C20H23NO4. The molecule has 25 heavy (non-hydrogen) atoms. The molecule has 1 aromatic rings. The molecule has 3 heterocycles. The molecule has 3 atom stereocenters. The highest BCUT2D eigenvalue weighted by molar-refractivity contribution is 5.91. The Morgan fingerprint density at radius 3 is 2.80 bits per heavy atom.